The van der Waals surface area contributed by atoms with E-state index in [9.17, 15) is 18.0 Å². The van der Waals surface area contributed by atoms with Crippen LogP contribution >= 0.6 is 11.3 Å². The molecular formula is C19H29F3N2O3S. The van der Waals surface area contributed by atoms with Crippen LogP contribution in [0.1, 0.15) is 61.1 Å². The summed E-state index contributed by atoms with van der Waals surface area (Å²) in [4.78, 5) is 25.8. The van der Waals surface area contributed by atoms with Gasteiger partial charge in [0.1, 0.15) is 0 Å². The van der Waals surface area contributed by atoms with E-state index in [0.29, 0.717) is 17.9 Å². The first-order valence-electron chi connectivity index (χ1n) is 9.33. The highest BCUT2D eigenvalue weighted by molar-refractivity contribution is 7.14. The van der Waals surface area contributed by atoms with Gasteiger partial charge in [0.2, 0.25) is 0 Å². The molecule has 0 spiro atoms. The molecule has 0 saturated carbocycles. The van der Waals surface area contributed by atoms with Gasteiger partial charge in [-0.25, -0.2) is 4.79 Å². The fourth-order valence-electron chi connectivity index (χ4n) is 2.87. The van der Waals surface area contributed by atoms with Crippen LogP contribution in [0.15, 0.2) is 12.1 Å². The summed E-state index contributed by atoms with van der Waals surface area (Å²) in [5.41, 5.74) is 0. The van der Waals surface area contributed by atoms with E-state index in [2.05, 4.69) is 44.0 Å². The second kappa shape index (κ2) is 10.8. The molecule has 0 bridgehead atoms. The van der Waals surface area contributed by atoms with Crippen molar-refractivity contribution in [1.29, 1.82) is 0 Å². The van der Waals surface area contributed by atoms with Crippen LogP contribution in [0, 0.1) is 11.8 Å². The van der Waals surface area contributed by atoms with Gasteiger partial charge in [0.25, 0.3) is 5.91 Å². The number of amides is 1. The van der Waals surface area contributed by atoms with E-state index in [1.165, 1.54) is 24.3 Å². The Balaban J connectivity index is 0.000000480. The van der Waals surface area contributed by atoms with Crippen LogP contribution in [0.3, 0.4) is 0 Å². The molecule has 1 aliphatic rings. The molecule has 2 rings (SSSR count). The number of aliphatic carboxylic acids is 1. The Morgan fingerprint density at radius 1 is 1.25 bits per heavy atom. The molecule has 5 nitrogen and oxygen atoms in total. The van der Waals surface area contributed by atoms with Crippen molar-refractivity contribution in [3.8, 4) is 0 Å². The number of carboxylic acids is 1. The smallest absolute Gasteiger partial charge is 0.475 e. The van der Waals surface area contributed by atoms with Crippen molar-refractivity contribution in [2.24, 2.45) is 11.8 Å². The lowest BCUT2D eigenvalue weighted by Crippen LogP contribution is -2.27. The number of carboxylic acid groups (broad SMARTS) is 1. The number of alkyl halides is 3. The molecule has 0 aliphatic carbocycles. The van der Waals surface area contributed by atoms with Crippen molar-refractivity contribution in [3.05, 3.63) is 21.9 Å². The summed E-state index contributed by atoms with van der Waals surface area (Å²) in [6, 6.07) is 4.66. The van der Waals surface area contributed by atoms with E-state index >= 15 is 0 Å². The lowest BCUT2D eigenvalue weighted by molar-refractivity contribution is -0.192. The average molecular weight is 423 g/mol. The number of halogens is 3. The third-order valence-corrected chi connectivity index (χ3v) is 5.24. The minimum Gasteiger partial charge on any atom is -0.475 e. The first-order valence-corrected chi connectivity index (χ1v) is 10.2. The second-order valence-corrected chi connectivity index (χ2v) is 8.77. The average Bonchev–Trinajstić information content (AvgIpc) is 3.20. The summed E-state index contributed by atoms with van der Waals surface area (Å²) < 4.78 is 31.7. The molecule has 1 atom stereocenters. The van der Waals surface area contributed by atoms with Crippen LogP contribution < -0.4 is 5.32 Å². The first kappa shape index (κ1) is 24.4. The molecule has 0 radical (unpaired) electrons. The number of hydrogen-bond donors (Lipinski definition) is 2. The molecule has 160 valence electrons. The Morgan fingerprint density at radius 2 is 1.86 bits per heavy atom. The highest BCUT2D eigenvalue weighted by Gasteiger charge is 2.38. The number of hydrogen-bond acceptors (Lipinski definition) is 4. The number of nitrogens with zero attached hydrogens (tertiary/aromatic N) is 1. The molecule has 1 fully saturated rings. The van der Waals surface area contributed by atoms with Crippen LogP contribution in [0.25, 0.3) is 0 Å². The van der Waals surface area contributed by atoms with E-state index in [4.69, 9.17) is 9.90 Å². The minimum atomic E-state index is -5.08. The molecule has 1 saturated heterocycles. The summed E-state index contributed by atoms with van der Waals surface area (Å²) in [6.45, 7) is 11.9. The van der Waals surface area contributed by atoms with E-state index in [-0.39, 0.29) is 5.91 Å². The maximum Gasteiger partial charge on any atom is 0.490 e. The molecule has 2 N–H and O–H groups in total. The minimum absolute atomic E-state index is 0.0772. The van der Waals surface area contributed by atoms with Crippen LogP contribution in [0.5, 0.6) is 0 Å². The monoisotopic (exact) mass is 422 g/mol. The summed E-state index contributed by atoms with van der Waals surface area (Å²) in [6.07, 6.45) is -2.59. The van der Waals surface area contributed by atoms with E-state index < -0.39 is 12.1 Å². The number of thiophene rings is 1. The maximum absolute atomic E-state index is 12.1. The topological polar surface area (TPSA) is 69.6 Å². The van der Waals surface area contributed by atoms with Gasteiger partial charge in [-0.15, -0.1) is 11.3 Å². The molecule has 2 heterocycles. The molecule has 1 aliphatic heterocycles. The normalized spacial score (nSPS) is 17.5. The SMILES string of the molecule is CC(C)CNC(=O)c1ccc(C2CCCN2CC(C)C)s1.O=C(O)C(F)(F)F. The molecule has 1 amide bonds. The standard InChI is InChI=1S/C17H28N2OS.C2HF3O2/c1-12(2)10-18-17(20)16-8-7-15(21-16)14-6-5-9-19(14)11-13(3)4;3-2(4,5)1(6)7/h7-8,12-14H,5-6,9-11H2,1-4H3,(H,18,20);(H,6,7). The number of carbonyl (C=O) groups is 2. The van der Waals surface area contributed by atoms with Gasteiger partial charge in [0.15, 0.2) is 0 Å². The largest absolute Gasteiger partial charge is 0.490 e. The van der Waals surface area contributed by atoms with Gasteiger partial charge in [-0.1, -0.05) is 27.7 Å². The number of likely N-dealkylation sites (tertiary alicyclic amines) is 1. The van der Waals surface area contributed by atoms with Gasteiger partial charge in [0.05, 0.1) is 4.88 Å². The van der Waals surface area contributed by atoms with Crippen molar-refractivity contribution in [3.63, 3.8) is 0 Å². The van der Waals surface area contributed by atoms with Crippen LogP contribution in [0.4, 0.5) is 13.2 Å². The van der Waals surface area contributed by atoms with Crippen molar-refractivity contribution in [2.45, 2.75) is 52.8 Å². The van der Waals surface area contributed by atoms with Gasteiger partial charge in [0, 0.05) is 24.0 Å². The maximum atomic E-state index is 12.1. The summed E-state index contributed by atoms with van der Waals surface area (Å²) in [5, 5.41) is 10.1. The first-order chi connectivity index (χ1) is 12.9. The summed E-state index contributed by atoms with van der Waals surface area (Å²) in [5.74, 6) is -1.50. The van der Waals surface area contributed by atoms with Gasteiger partial charge in [-0.05, 0) is 43.4 Å². The lowest BCUT2D eigenvalue weighted by atomic mass is 10.1. The Morgan fingerprint density at radius 3 is 2.36 bits per heavy atom. The number of nitrogens with one attached hydrogen (secondary N) is 1. The van der Waals surface area contributed by atoms with Crippen molar-refractivity contribution in [2.75, 3.05) is 19.6 Å². The number of rotatable bonds is 6. The predicted molar refractivity (Wildman–Crippen MR) is 104 cm³/mol. The fourth-order valence-corrected chi connectivity index (χ4v) is 3.97. The number of carbonyl (C=O) groups excluding carboxylic acids is 1. The van der Waals surface area contributed by atoms with Crippen molar-refractivity contribution >= 4 is 23.2 Å². The van der Waals surface area contributed by atoms with Gasteiger partial charge in [-0.2, -0.15) is 13.2 Å². The molecular weight excluding hydrogens is 393 g/mol. The van der Waals surface area contributed by atoms with Crippen molar-refractivity contribution in [1.82, 2.24) is 10.2 Å². The molecule has 9 heteroatoms. The molecule has 1 aromatic heterocycles. The van der Waals surface area contributed by atoms with Gasteiger partial charge >= 0.3 is 12.1 Å². The third kappa shape index (κ3) is 8.18. The zero-order valence-electron chi connectivity index (χ0n) is 16.7. The Kier molecular flexibility index (Phi) is 9.43. The summed E-state index contributed by atoms with van der Waals surface area (Å²) in [7, 11) is 0. The van der Waals surface area contributed by atoms with E-state index in [1.54, 1.807) is 11.3 Å². The van der Waals surface area contributed by atoms with Gasteiger partial charge in [-0.3, -0.25) is 9.69 Å². The second-order valence-electron chi connectivity index (χ2n) is 7.66. The Hall–Kier alpha value is -1.61. The van der Waals surface area contributed by atoms with Gasteiger partial charge < -0.3 is 10.4 Å². The van der Waals surface area contributed by atoms with Crippen LogP contribution in [0.2, 0.25) is 0 Å². The zero-order chi connectivity index (χ0) is 21.5. The Labute approximate surface area is 167 Å². The fraction of sp³-hybridized carbons (Fsp3) is 0.684. The van der Waals surface area contributed by atoms with E-state index in [0.717, 1.165) is 18.0 Å². The highest BCUT2D eigenvalue weighted by atomic mass is 32.1. The molecule has 1 aromatic rings. The molecule has 1 unspecified atom stereocenters. The summed E-state index contributed by atoms with van der Waals surface area (Å²) >= 11 is 1.67. The zero-order valence-corrected chi connectivity index (χ0v) is 17.5. The quantitative estimate of drug-likeness (QED) is 0.705. The van der Waals surface area contributed by atoms with Crippen LogP contribution in [-0.4, -0.2) is 47.7 Å². The lowest BCUT2D eigenvalue weighted by Gasteiger charge is -2.25. The molecule has 28 heavy (non-hydrogen) atoms. The third-order valence-electron chi connectivity index (χ3n) is 4.06. The highest BCUT2D eigenvalue weighted by Crippen LogP contribution is 2.36. The molecule has 0 aromatic carbocycles. The predicted octanol–water partition coefficient (Wildman–Crippen LogP) is 4.56. The van der Waals surface area contributed by atoms with E-state index in [1.807, 2.05) is 6.07 Å². The van der Waals surface area contributed by atoms with Crippen LogP contribution in [-0.2, 0) is 4.79 Å². The van der Waals surface area contributed by atoms with Crippen molar-refractivity contribution < 1.29 is 27.9 Å². The Bertz CT molecular complexity index is 645.